The van der Waals surface area contributed by atoms with Crippen LogP contribution in [0.2, 0.25) is 5.02 Å². The molecule has 1 aromatic carbocycles. The molecule has 0 aliphatic heterocycles. The molecule has 5 nitrogen and oxygen atoms in total. The van der Waals surface area contributed by atoms with Crippen LogP contribution in [0.5, 0.6) is 0 Å². The number of nitrogen functional groups attached to an aromatic ring is 1. The highest BCUT2D eigenvalue weighted by molar-refractivity contribution is 6.34. The lowest BCUT2D eigenvalue weighted by Crippen LogP contribution is -2.25. The fourth-order valence-electron chi connectivity index (χ4n) is 2.02. The maximum Gasteiger partial charge on any atom is 0.248 e. The zero-order valence-corrected chi connectivity index (χ0v) is 12.4. The van der Waals surface area contributed by atoms with Crippen LogP contribution in [0.15, 0.2) is 24.3 Å². The number of nitrogens with zero attached hydrogens (tertiary/aromatic N) is 2. The number of hydrogen-bond acceptors (Lipinski definition) is 3. The van der Waals surface area contributed by atoms with Gasteiger partial charge in [-0.15, -0.1) is 0 Å². The van der Waals surface area contributed by atoms with Crippen LogP contribution in [0.4, 0.5) is 11.4 Å². The number of carbonyl (C=O) groups is 1. The van der Waals surface area contributed by atoms with Crippen molar-refractivity contribution in [1.82, 2.24) is 9.78 Å². The quantitative estimate of drug-likeness (QED) is 0.854. The summed E-state index contributed by atoms with van der Waals surface area (Å²) in [6.07, 6.45) is 0. The minimum Gasteiger partial charge on any atom is -0.399 e. The van der Waals surface area contributed by atoms with Crippen LogP contribution >= 0.6 is 11.6 Å². The van der Waals surface area contributed by atoms with Gasteiger partial charge in [0.1, 0.15) is 6.04 Å². The maximum absolute atomic E-state index is 12.2. The molecule has 6 heteroatoms. The molecular weight excluding hydrogens is 276 g/mol. The first-order valence-electron chi connectivity index (χ1n) is 6.27. The minimum atomic E-state index is -0.419. The van der Waals surface area contributed by atoms with Gasteiger partial charge in [-0.05, 0) is 45.0 Å². The van der Waals surface area contributed by atoms with Crippen LogP contribution in [0.3, 0.4) is 0 Å². The minimum absolute atomic E-state index is 0.178. The third-order valence-electron chi connectivity index (χ3n) is 3.04. The number of aromatic nitrogens is 2. The third kappa shape index (κ3) is 2.93. The first-order valence-corrected chi connectivity index (χ1v) is 6.65. The normalized spacial score (nSPS) is 12.2. The summed E-state index contributed by atoms with van der Waals surface area (Å²) in [5, 5.41) is 7.51. The van der Waals surface area contributed by atoms with Crippen molar-refractivity contribution in [2.45, 2.75) is 26.8 Å². The Hall–Kier alpha value is -2.01. The lowest BCUT2D eigenvalue weighted by molar-refractivity contribution is -0.119. The standard InChI is InChI=1S/C14H17ClN4O/c1-8-6-9(2)19(18-8)10(3)14(20)17-13-5-4-11(16)7-12(13)15/h4-7,10H,16H2,1-3H3,(H,17,20)/t10-/m0/s1. The molecule has 0 saturated carbocycles. The second-order valence-electron chi connectivity index (χ2n) is 4.78. The van der Waals surface area contributed by atoms with Gasteiger partial charge in [0.2, 0.25) is 5.91 Å². The Kier molecular flexibility index (Phi) is 3.99. The summed E-state index contributed by atoms with van der Waals surface area (Å²) in [5.41, 5.74) is 8.54. The van der Waals surface area contributed by atoms with E-state index in [0.29, 0.717) is 16.4 Å². The fraction of sp³-hybridized carbons (Fsp3) is 0.286. The molecule has 0 radical (unpaired) electrons. The molecule has 20 heavy (non-hydrogen) atoms. The summed E-state index contributed by atoms with van der Waals surface area (Å²) in [7, 11) is 0. The van der Waals surface area contributed by atoms with Crippen molar-refractivity contribution in [3.8, 4) is 0 Å². The van der Waals surface area contributed by atoms with Crippen molar-refractivity contribution < 1.29 is 4.79 Å². The van der Waals surface area contributed by atoms with E-state index in [-0.39, 0.29) is 5.91 Å². The zero-order chi connectivity index (χ0) is 14.9. The average molecular weight is 293 g/mol. The predicted octanol–water partition coefficient (Wildman–Crippen LogP) is 2.94. The van der Waals surface area contributed by atoms with E-state index in [1.54, 1.807) is 29.8 Å². The average Bonchev–Trinajstić information content (AvgIpc) is 2.71. The molecule has 0 aliphatic carbocycles. The maximum atomic E-state index is 12.2. The van der Waals surface area contributed by atoms with Gasteiger partial charge in [0, 0.05) is 11.4 Å². The first kappa shape index (κ1) is 14.4. The molecule has 106 valence electrons. The van der Waals surface area contributed by atoms with Crippen LogP contribution in [-0.4, -0.2) is 15.7 Å². The van der Waals surface area contributed by atoms with E-state index >= 15 is 0 Å². The summed E-state index contributed by atoms with van der Waals surface area (Å²) >= 11 is 6.04. The topological polar surface area (TPSA) is 72.9 Å². The Morgan fingerprint density at radius 3 is 2.65 bits per heavy atom. The van der Waals surface area contributed by atoms with Crippen molar-refractivity contribution >= 4 is 28.9 Å². The van der Waals surface area contributed by atoms with Gasteiger partial charge in [-0.25, -0.2) is 0 Å². The second kappa shape index (κ2) is 5.54. The van der Waals surface area contributed by atoms with E-state index in [0.717, 1.165) is 11.4 Å². The van der Waals surface area contributed by atoms with Gasteiger partial charge in [0.05, 0.1) is 16.4 Å². The summed E-state index contributed by atoms with van der Waals surface area (Å²) in [6, 6.07) is 6.49. The Labute approximate surface area is 122 Å². The smallest absolute Gasteiger partial charge is 0.248 e. The van der Waals surface area contributed by atoms with Crippen molar-refractivity contribution in [3.63, 3.8) is 0 Å². The highest BCUT2D eigenvalue weighted by Crippen LogP contribution is 2.25. The lowest BCUT2D eigenvalue weighted by atomic mass is 10.2. The van der Waals surface area contributed by atoms with Gasteiger partial charge in [-0.1, -0.05) is 11.6 Å². The molecule has 1 atom stereocenters. The summed E-state index contributed by atoms with van der Waals surface area (Å²) in [5.74, 6) is -0.178. The Morgan fingerprint density at radius 2 is 2.10 bits per heavy atom. The number of hydrogen-bond donors (Lipinski definition) is 2. The van der Waals surface area contributed by atoms with Crippen LogP contribution in [0.1, 0.15) is 24.4 Å². The number of aryl methyl sites for hydroxylation is 2. The Bertz CT molecular complexity index is 651. The van der Waals surface area contributed by atoms with E-state index in [1.165, 1.54) is 0 Å². The Balaban J connectivity index is 2.17. The SMILES string of the molecule is Cc1cc(C)n([C@@H](C)C(=O)Nc2ccc(N)cc2Cl)n1. The van der Waals surface area contributed by atoms with Gasteiger partial charge in [-0.2, -0.15) is 5.10 Å². The molecule has 0 aliphatic rings. The van der Waals surface area contributed by atoms with Crippen LogP contribution in [-0.2, 0) is 4.79 Å². The number of anilines is 2. The molecule has 2 aromatic rings. The number of halogens is 1. The number of benzene rings is 1. The van der Waals surface area contributed by atoms with E-state index < -0.39 is 6.04 Å². The molecule has 0 unspecified atom stereocenters. The third-order valence-corrected chi connectivity index (χ3v) is 3.35. The van der Waals surface area contributed by atoms with E-state index in [2.05, 4.69) is 10.4 Å². The van der Waals surface area contributed by atoms with Crippen molar-refractivity contribution in [2.75, 3.05) is 11.1 Å². The summed E-state index contributed by atoms with van der Waals surface area (Å²) in [4.78, 5) is 12.2. The largest absolute Gasteiger partial charge is 0.399 e. The van der Waals surface area contributed by atoms with Crippen molar-refractivity contribution in [1.29, 1.82) is 0 Å². The number of rotatable bonds is 3. The second-order valence-corrected chi connectivity index (χ2v) is 5.18. The van der Waals surface area contributed by atoms with Crippen molar-refractivity contribution in [2.24, 2.45) is 0 Å². The molecule has 0 spiro atoms. The predicted molar refractivity (Wildman–Crippen MR) is 80.9 cm³/mol. The number of amides is 1. The molecule has 1 aromatic heterocycles. The molecule has 1 amide bonds. The van der Waals surface area contributed by atoms with E-state index in [1.807, 2.05) is 19.9 Å². The molecule has 1 heterocycles. The van der Waals surface area contributed by atoms with Crippen LogP contribution in [0, 0.1) is 13.8 Å². The van der Waals surface area contributed by atoms with Crippen molar-refractivity contribution in [3.05, 3.63) is 40.7 Å². The molecule has 0 bridgehead atoms. The van der Waals surface area contributed by atoms with E-state index in [9.17, 15) is 4.79 Å². The summed E-state index contributed by atoms with van der Waals surface area (Å²) in [6.45, 7) is 5.60. The highest BCUT2D eigenvalue weighted by atomic mass is 35.5. The number of nitrogens with one attached hydrogen (secondary N) is 1. The van der Waals surface area contributed by atoms with Crippen LogP contribution < -0.4 is 11.1 Å². The van der Waals surface area contributed by atoms with Gasteiger partial charge >= 0.3 is 0 Å². The highest BCUT2D eigenvalue weighted by Gasteiger charge is 2.18. The molecule has 0 fully saturated rings. The fourth-order valence-corrected chi connectivity index (χ4v) is 2.26. The lowest BCUT2D eigenvalue weighted by Gasteiger charge is -2.15. The van der Waals surface area contributed by atoms with Gasteiger partial charge in [-0.3, -0.25) is 9.48 Å². The van der Waals surface area contributed by atoms with Gasteiger partial charge in [0.15, 0.2) is 0 Å². The monoisotopic (exact) mass is 292 g/mol. The molecule has 3 N–H and O–H groups in total. The summed E-state index contributed by atoms with van der Waals surface area (Å²) < 4.78 is 1.69. The van der Waals surface area contributed by atoms with Gasteiger partial charge in [0.25, 0.3) is 0 Å². The van der Waals surface area contributed by atoms with Crippen LogP contribution in [0.25, 0.3) is 0 Å². The first-order chi connectivity index (χ1) is 9.38. The Morgan fingerprint density at radius 1 is 1.40 bits per heavy atom. The van der Waals surface area contributed by atoms with Gasteiger partial charge < -0.3 is 11.1 Å². The number of nitrogens with two attached hydrogens (primary N) is 1. The zero-order valence-electron chi connectivity index (χ0n) is 11.6. The molecule has 2 rings (SSSR count). The molecular formula is C14H17ClN4O. The number of carbonyl (C=O) groups excluding carboxylic acids is 1. The molecule has 0 saturated heterocycles. The van der Waals surface area contributed by atoms with E-state index in [4.69, 9.17) is 17.3 Å².